The Balaban J connectivity index is 1.93. The van der Waals surface area contributed by atoms with Gasteiger partial charge in [-0.3, -0.25) is 14.3 Å². The summed E-state index contributed by atoms with van der Waals surface area (Å²) in [4.78, 5) is 26.8. The van der Waals surface area contributed by atoms with Gasteiger partial charge in [0.25, 0.3) is 0 Å². The highest BCUT2D eigenvalue weighted by Crippen LogP contribution is 2.45. The van der Waals surface area contributed by atoms with Crippen LogP contribution in [0.5, 0.6) is 0 Å². The minimum atomic E-state index is -4.78. The molecule has 1 aliphatic heterocycles. The third-order valence-corrected chi connectivity index (χ3v) is 7.46. The molecule has 0 saturated heterocycles. The number of hydrogen-bond acceptors (Lipinski definition) is 4. The monoisotopic (exact) mass is 522 g/mol. The number of nitrogens with two attached hydrogens (primary N) is 1. The summed E-state index contributed by atoms with van der Waals surface area (Å²) < 4.78 is 43.8. The van der Waals surface area contributed by atoms with Gasteiger partial charge >= 0.3 is 6.18 Å². The van der Waals surface area contributed by atoms with E-state index in [9.17, 15) is 22.8 Å². The molecule has 2 N–H and O–H groups in total. The second kappa shape index (κ2) is 8.83. The van der Waals surface area contributed by atoms with Crippen LogP contribution >= 0.6 is 22.9 Å². The van der Waals surface area contributed by atoms with E-state index in [0.29, 0.717) is 16.4 Å². The number of primary amides is 1. The molecule has 0 unspecified atom stereocenters. The Morgan fingerprint density at radius 3 is 2.54 bits per heavy atom. The van der Waals surface area contributed by atoms with Gasteiger partial charge in [-0.15, -0.1) is 11.3 Å². The number of nitrogens with zero attached hydrogens (tertiary/aromatic N) is 3. The summed E-state index contributed by atoms with van der Waals surface area (Å²) in [6.07, 6.45) is -2.38. The molecule has 184 valence electrons. The van der Waals surface area contributed by atoms with Crippen LogP contribution in [0.15, 0.2) is 49.2 Å². The Labute approximate surface area is 208 Å². The molecule has 3 heterocycles. The first-order valence-electron chi connectivity index (χ1n) is 10.6. The molecule has 0 saturated carbocycles. The van der Waals surface area contributed by atoms with E-state index in [1.807, 2.05) is 0 Å². The first kappa shape index (κ1) is 25.0. The molecule has 0 fully saturated rings. The molecule has 1 atom stereocenters. The Hall–Kier alpha value is -3.11. The van der Waals surface area contributed by atoms with Gasteiger partial charge in [0.05, 0.1) is 10.9 Å². The molecule has 11 heteroatoms. The van der Waals surface area contributed by atoms with Crippen molar-refractivity contribution in [3.05, 3.63) is 75.2 Å². The van der Waals surface area contributed by atoms with Crippen molar-refractivity contribution in [2.75, 3.05) is 6.54 Å². The average molecular weight is 523 g/mol. The fourth-order valence-electron chi connectivity index (χ4n) is 4.17. The maximum atomic E-state index is 14.1. The molecule has 0 bridgehead atoms. The summed E-state index contributed by atoms with van der Waals surface area (Å²) in [6, 6.07) is 8.46. The summed E-state index contributed by atoms with van der Waals surface area (Å²) in [7, 11) is 0. The van der Waals surface area contributed by atoms with E-state index < -0.39 is 29.2 Å². The van der Waals surface area contributed by atoms with Crippen molar-refractivity contribution in [2.45, 2.75) is 38.0 Å². The van der Waals surface area contributed by atoms with Crippen molar-refractivity contribution in [1.29, 1.82) is 0 Å². The van der Waals surface area contributed by atoms with Gasteiger partial charge in [-0.25, -0.2) is 0 Å². The number of halogens is 4. The zero-order chi connectivity index (χ0) is 25.7. The van der Waals surface area contributed by atoms with Crippen molar-refractivity contribution in [3.8, 4) is 11.1 Å². The molecule has 0 spiro atoms. The minimum absolute atomic E-state index is 0.183. The van der Waals surface area contributed by atoms with Crippen molar-refractivity contribution in [2.24, 2.45) is 5.73 Å². The van der Waals surface area contributed by atoms with Gasteiger partial charge in [0.15, 0.2) is 5.69 Å². The number of carbonyl (C=O) groups excluding carboxylic acids is 2. The van der Waals surface area contributed by atoms with E-state index in [-0.39, 0.29) is 23.6 Å². The van der Waals surface area contributed by atoms with Crippen LogP contribution in [0.1, 0.15) is 41.5 Å². The largest absolute Gasteiger partial charge is 0.435 e. The van der Waals surface area contributed by atoms with Crippen LogP contribution in [0.2, 0.25) is 4.34 Å². The summed E-state index contributed by atoms with van der Waals surface area (Å²) in [5.74, 6) is -1.54. The highest BCUT2D eigenvalue weighted by Gasteiger charge is 2.41. The summed E-state index contributed by atoms with van der Waals surface area (Å²) in [5, 5.41) is 3.74. The van der Waals surface area contributed by atoms with Gasteiger partial charge in [-0.1, -0.05) is 42.4 Å². The fraction of sp³-hybridized carbons (Fsp3) is 0.292. The highest BCUT2D eigenvalue weighted by molar-refractivity contribution is 7.16. The van der Waals surface area contributed by atoms with E-state index in [2.05, 4.69) is 11.7 Å². The Morgan fingerprint density at radius 2 is 1.91 bits per heavy atom. The molecule has 1 aliphatic rings. The lowest BCUT2D eigenvalue weighted by molar-refractivity contribution is -0.141. The van der Waals surface area contributed by atoms with Crippen molar-refractivity contribution in [3.63, 3.8) is 0 Å². The van der Waals surface area contributed by atoms with Crippen molar-refractivity contribution >= 4 is 34.8 Å². The predicted molar refractivity (Wildman–Crippen MR) is 128 cm³/mol. The fourth-order valence-corrected chi connectivity index (χ4v) is 5.53. The number of amides is 2. The number of rotatable bonds is 5. The average Bonchev–Trinajstić information content (AvgIpc) is 3.41. The first-order valence-corrected chi connectivity index (χ1v) is 11.8. The molecule has 1 aromatic carbocycles. The van der Waals surface area contributed by atoms with Gasteiger partial charge in [0, 0.05) is 29.1 Å². The lowest BCUT2D eigenvalue weighted by Crippen LogP contribution is -2.41. The normalized spacial score (nSPS) is 16.2. The van der Waals surface area contributed by atoms with E-state index in [4.69, 9.17) is 17.3 Å². The molecule has 35 heavy (non-hydrogen) atoms. The van der Waals surface area contributed by atoms with Crippen LogP contribution in [0.3, 0.4) is 0 Å². The van der Waals surface area contributed by atoms with Gasteiger partial charge in [0.2, 0.25) is 11.8 Å². The minimum Gasteiger partial charge on any atom is -0.368 e. The van der Waals surface area contributed by atoms with Crippen LogP contribution in [-0.2, 0) is 27.8 Å². The lowest BCUT2D eigenvalue weighted by Gasteiger charge is -2.33. The number of alkyl halides is 3. The number of aromatic nitrogens is 2. The van der Waals surface area contributed by atoms with E-state index in [0.717, 1.165) is 15.1 Å². The number of thiophene rings is 1. The van der Waals surface area contributed by atoms with Crippen LogP contribution in [-0.4, -0.2) is 33.0 Å². The molecular formula is C24H22ClF3N4O2S. The molecule has 2 aromatic heterocycles. The summed E-state index contributed by atoms with van der Waals surface area (Å²) in [6.45, 7) is 6.93. The van der Waals surface area contributed by atoms with Crippen LogP contribution in [0.25, 0.3) is 11.1 Å². The zero-order valence-electron chi connectivity index (χ0n) is 18.9. The zero-order valence-corrected chi connectivity index (χ0v) is 20.5. The SMILES string of the molecule is C=CC(=O)N1Cc2sc(Cl)cc2[C@H](c2ccccc2-c2cn(C(C)(C)C(N)=O)nc2C(F)(F)F)C1. The van der Waals surface area contributed by atoms with Gasteiger partial charge < -0.3 is 10.6 Å². The Morgan fingerprint density at radius 1 is 1.23 bits per heavy atom. The highest BCUT2D eigenvalue weighted by atomic mass is 35.5. The standard InChI is InChI=1S/C24H22ClF3N4O2S/c1-4-20(33)31-10-16(15-9-19(25)35-18(15)12-31)13-7-5-6-8-14(13)17-11-32(23(2,3)22(29)34)30-21(17)24(26,27)28/h4-9,11,16H,1,10,12H2,2-3H3,(H2,29,34)/t16-/m0/s1. The Bertz CT molecular complexity index is 1330. The van der Waals surface area contributed by atoms with Crippen LogP contribution < -0.4 is 5.73 Å². The van der Waals surface area contributed by atoms with Crippen LogP contribution in [0.4, 0.5) is 13.2 Å². The molecular weight excluding hydrogens is 501 g/mol. The second-order valence-corrected chi connectivity index (χ2v) is 10.5. The summed E-state index contributed by atoms with van der Waals surface area (Å²) >= 11 is 7.61. The maximum absolute atomic E-state index is 14.1. The number of benzene rings is 1. The molecule has 0 aliphatic carbocycles. The van der Waals surface area contributed by atoms with E-state index in [1.165, 1.54) is 37.5 Å². The third-order valence-electron chi connectivity index (χ3n) is 6.20. The molecule has 3 aromatic rings. The predicted octanol–water partition coefficient (Wildman–Crippen LogP) is 5.16. The smallest absolute Gasteiger partial charge is 0.368 e. The quantitative estimate of drug-likeness (QED) is 0.470. The Kier molecular flexibility index (Phi) is 6.31. The van der Waals surface area contributed by atoms with E-state index >= 15 is 0 Å². The molecule has 0 radical (unpaired) electrons. The van der Waals surface area contributed by atoms with Gasteiger partial charge in [0.1, 0.15) is 5.54 Å². The number of hydrogen-bond donors (Lipinski definition) is 1. The van der Waals surface area contributed by atoms with Crippen LogP contribution in [0, 0.1) is 0 Å². The first-order chi connectivity index (χ1) is 16.3. The molecule has 4 rings (SSSR count). The lowest BCUT2D eigenvalue weighted by atomic mass is 9.84. The van der Waals surface area contributed by atoms with Crippen molar-refractivity contribution in [1.82, 2.24) is 14.7 Å². The molecule has 6 nitrogen and oxygen atoms in total. The third kappa shape index (κ3) is 4.48. The molecule has 2 amide bonds. The second-order valence-electron chi connectivity index (χ2n) is 8.75. The number of carbonyl (C=O) groups is 2. The van der Waals surface area contributed by atoms with E-state index in [1.54, 1.807) is 35.2 Å². The number of fused-ring (bicyclic) bond motifs is 1. The maximum Gasteiger partial charge on any atom is 0.435 e. The topological polar surface area (TPSA) is 81.2 Å². The van der Waals surface area contributed by atoms with Gasteiger partial charge in [-0.05, 0) is 42.7 Å². The summed E-state index contributed by atoms with van der Waals surface area (Å²) in [5.41, 5.74) is 4.36. The van der Waals surface area contributed by atoms with Gasteiger partial charge in [-0.2, -0.15) is 18.3 Å². The van der Waals surface area contributed by atoms with Crippen molar-refractivity contribution < 1.29 is 22.8 Å².